The summed E-state index contributed by atoms with van der Waals surface area (Å²) in [6, 6.07) is 16.1. The molecular formula is C31H30N2O6. The molecule has 39 heavy (non-hydrogen) atoms. The molecule has 8 nitrogen and oxygen atoms in total. The average Bonchev–Trinajstić information content (AvgIpc) is 3.21. The van der Waals surface area contributed by atoms with E-state index in [9.17, 15) is 20.0 Å². The van der Waals surface area contributed by atoms with Crippen LogP contribution in [0.1, 0.15) is 53.6 Å². The normalized spacial score (nSPS) is 16.4. The van der Waals surface area contributed by atoms with Gasteiger partial charge in [0.2, 0.25) is 0 Å². The van der Waals surface area contributed by atoms with Gasteiger partial charge in [0.1, 0.15) is 11.5 Å². The molecule has 1 heterocycles. The second kappa shape index (κ2) is 10.9. The van der Waals surface area contributed by atoms with Gasteiger partial charge in [0.25, 0.3) is 11.7 Å². The van der Waals surface area contributed by atoms with Crippen LogP contribution in [0.5, 0.6) is 17.2 Å². The number of nitriles is 1. The molecule has 1 unspecified atom stereocenters. The van der Waals surface area contributed by atoms with Crippen LogP contribution < -0.4 is 19.1 Å². The van der Waals surface area contributed by atoms with E-state index in [0.717, 1.165) is 5.56 Å². The van der Waals surface area contributed by atoms with Gasteiger partial charge in [-0.1, -0.05) is 19.9 Å². The minimum absolute atomic E-state index is 0.0560. The van der Waals surface area contributed by atoms with E-state index in [0.29, 0.717) is 45.2 Å². The maximum atomic E-state index is 13.6. The Kier molecular flexibility index (Phi) is 7.63. The summed E-state index contributed by atoms with van der Waals surface area (Å²) in [7, 11) is 4.59. The van der Waals surface area contributed by atoms with Gasteiger partial charge >= 0.3 is 0 Å². The topological polar surface area (TPSA) is 109 Å². The van der Waals surface area contributed by atoms with Crippen LogP contribution in [0.4, 0.5) is 5.69 Å². The summed E-state index contributed by atoms with van der Waals surface area (Å²) >= 11 is 0. The number of carbonyl (C=O) groups is 2. The summed E-state index contributed by atoms with van der Waals surface area (Å²) in [6.07, 6.45) is 0. The summed E-state index contributed by atoms with van der Waals surface area (Å²) in [5.74, 6) is -0.267. The number of amides is 1. The molecule has 3 aromatic rings. The fourth-order valence-corrected chi connectivity index (χ4v) is 4.86. The van der Waals surface area contributed by atoms with Gasteiger partial charge in [-0.25, -0.2) is 0 Å². The molecule has 1 atom stereocenters. The van der Waals surface area contributed by atoms with Crippen molar-refractivity contribution in [2.45, 2.75) is 32.7 Å². The van der Waals surface area contributed by atoms with Gasteiger partial charge in [-0.3, -0.25) is 14.5 Å². The maximum Gasteiger partial charge on any atom is 0.300 e. The summed E-state index contributed by atoms with van der Waals surface area (Å²) < 4.78 is 16.4. The zero-order valence-electron chi connectivity index (χ0n) is 22.7. The molecular weight excluding hydrogens is 496 g/mol. The fraction of sp³-hybridized carbons (Fsp3) is 0.258. The number of benzene rings is 3. The van der Waals surface area contributed by atoms with Crippen LogP contribution in [0.15, 0.2) is 60.2 Å². The molecule has 0 saturated carbocycles. The van der Waals surface area contributed by atoms with Crippen molar-refractivity contribution in [2.75, 3.05) is 26.2 Å². The second-order valence-electron chi connectivity index (χ2n) is 9.51. The van der Waals surface area contributed by atoms with E-state index < -0.39 is 17.7 Å². The third-order valence-corrected chi connectivity index (χ3v) is 6.90. The lowest BCUT2D eigenvalue weighted by Gasteiger charge is -2.26. The van der Waals surface area contributed by atoms with Crippen molar-refractivity contribution >= 4 is 23.1 Å². The second-order valence-corrected chi connectivity index (χ2v) is 9.51. The Morgan fingerprint density at radius 2 is 1.56 bits per heavy atom. The number of anilines is 1. The minimum Gasteiger partial charge on any atom is -0.507 e. The van der Waals surface area contributed by atoms with Crippen LogP contribution >= 0.6 is 0 Å². The third kappa shape index (κ3) is 4.79. The Morgan fingerprint density at radius 1 is 0.923 bits per heavy atom. The number of hydrogen-bond donors (Lipinski definition) is 1. The van der Waals surface area contributed by atoms with Gasteiger partial charge in [0, 0.05) is 11.3 Å². The largest absolute Gasteiger partial charge is 0.507 e. The molecule has 1 aliphatic heterocycles. The highest BCUT2D eigenvalue weighted by molar-refractivity contribution is 6.51. The molecule has 8 heteroatoms. The van der Waals surface area contributed by atoms with Crippen LogP contribution in [-0.4, -0.2) is 38.1 Å². The van der Waals surface area contributed by atoms with Crippen molar-refractivity contribution in [1.82, 2.24) is 0 Å². The first-order chi connectivity index (χ1) is 18.7. The van der Waals surface area contributed by atoms with E-state index in [-0.39, 0.29) is 17.3 Å². The van der Waals surface area contributed by atoms with E-state index in [1.54, 1.807) is 55.6 Å². The Labute approximate surface area is 227 Å². The zero-order valence-corrected chi connectivity index (χ0v) is 22.7. The Hall–Kier alpha value is -4.77. The monoisotopic (exact) mass is 526 g/mol. The number of rotatable bonds is 7. The Balaban J connectivity index is 2.01. The number of ether oxygens (including phenoxy) is 3. The van der Waals surface area contributed by atoms with Crippen LogP contribution in [0.25, 0.3) is 5.76 Å². The standard InChI is InChI=1S/C31H30N2O6/c1-17(2)22-15-23(18(3)13-25(22)38-5)29(34)27-28(20-9-12-24(37-4)26(14-20)39-6)33(31(36)30(27)35)21-10-7-19(16-32)8-11-21/h7-15,17,28,34H,1-6H3/b29-27+. The molecule has 0 spiro atoms. The van der Waals surface area contributed by atoms with Gasteiger partial charge in [-0.05, 0) is 78.1 Å². The van der Waals surface area contributed by atoms with Gasteiger partial charge in [-0.2, -0.15) is 5.26 Å². The average molecular weight is 527 g/mol. The van der Waals surface area contributed by atoms with Crippen molar-refractivity contribution in [3.8, 4) is 23.3 Å². The lowest BCUT2D eigenvalue weighted by Crippen LogP contribution is -2.29. The summed E-state index contributed by atoms with van der Waals surface area (Å²) in [5, 5.41) is 20.9. The van der Waals surface area contributed by atoms with E-state index in [2.05, 4.69) is 6.07 Å². The van der Waals surface area contributed by atoms with Gasteiger partial charge in [0.15, 0.2) is 11.5 Å². The van der Waals surface area contributed by atoms with Gasteiger partial charge < -0.3 is 19.3 Å². The zero-order chi connectivity index (χ0) is 28.4. The maximum absolute atomic E-state index is 13.6. The first-order valence-electron chi connectivity index (χ1n) is 12.4. The molecule has 200 valence electrons. The lowest BCUT2D eigenvalue weighted by atomic mass is 9.91. The molecule has 0 radical (unpaired) electrons. The number of aryl methyl sites for hydroxylation is 1. The van der Waals surface area contributed by atoms with Crippen LogP contribution in [0, 0.1) is 18.3 Å². The van der Waals surface area contributed by atoms with Gasteiger partial charge in [-0.15, -0.1) is 0 Å². The fourth-order valence-electron chi connectivity index (χ4n) is 4.86. The van der Waals surface area contributed by atoms with Crippen LogP contribution in [0.2, 0.25) is 0 Å². The molecule has 0 aliphatic carbocycles. The summed E-state index contributed by atoms with van der Waals surface area (Å²) in [6.45, 7) is 5.82. The number of carbonyl (C=O) groups excluding carboxylic acids is 2. The summed E-state index contributed by atoms with van der Waals surface area (Å²) in [5.41, 5.74) is 3.27. The number of nitrogens with zero attached hydrogens (tertiary/aromatic N) is 2. The molecule has 1 saturated heterocycles. The third-order valence-electron chi connectivity index (χ3n) is 6.90. The Morgan fingerprint density at radius 3 is 2.13 bits per heavy atom. The molecule has 1 N–H and O–H groups in total. The molecule has 0 bridgehead atoms. The van der Waals surface area contributed by atoms with Crippen molar-refractivity contribution < 1.29 is 28.9 Å². The molecule has 0 aromatic heterocycles. The highest BCUT2D eigenvalue weighted by atomic mass is 16.5. The number of hydrogen-bond acceptors (Lipinski definition) is 7. The first kappa shape index (κ1) is 27.3. The quantitative estimate of drug-likeness (QED) is 0.241. The minimum atomic E-state index is -0.971. The number of methoxy groups -OCH3 is 3. The predicted octanol–water partition coefficient (Wildman–Crippen LogP) is 5.64. The Bertz CT molecular complexity index is 1520. The van der Waals surface area contributed by atoms with Crippen LogP contribution in [-0.2, 0) is 9.59 Å². The van der Waals surface area contributed by atoms with Crippen LogP contribution in [0.3, 0.4) is 0 Å². The molecule has 1 aliphatic rings. The highest BCUT2D eigenvalue weighted by Gasteiger charge is 2.47. The first-order valence-corrected chi connectivity index (χ1v) is 12.4. The van der Waals surface area contributed by atoms with E-state index in [1.807, 2.05) is 26.8 Å². The van der Waals surface area contributed by atoms with Crippen molar-refractivity contribution in [3.63, 3.8) is 0 Å². The van der Waals surface area contributed by atoms with Crippen molar-refractivity contribution in [3.05, 3.63) is 88.0 Å². The number of aliphatic hydroxyl groups is 1. The molecule has 1 amide bonds. The molecule has 1 fully saturated rings. The number of ketones is 1. The van der Waals surface area contributed by atoms with Crippen molar-refractivity contribution in [1.29, 1.82) is 5.26 Å². The number of aliphatic hydroxyl groups excluding tert-OH is 1. The number of Topliss-reactive ketones (excluding diaryl/α,β-unsaturated/α-hetero) is 1. The lowest BCUT2D eigenvalue weighted by molar-refractivity contribution is -0.132. The van der Waals surface area contributed by atoms with E-state index in [1.165, 1.54) is 19.1 Å². The predicted molar refractivity (Wildman–Crippen MR) is 147 cm³/mol. The highest BCUT2D eigenvalue weighted by Crippen LogP contribution is 2.45. The van der Waals surface area contributed by atoms with E-state index >= 15 is 0 Å². The van der Waals surface area contributed by atoms with Crippen molar-refractivity contribution in [2.24, 2.45) is 0 Å². The van der Waals surface area contributed by atoms with E-state index in [4.69, 9.17) is 14.2 Å². The smallest absolute Gasteiger partial charge is 0.300 e. The SMILES string of the molecule is COc1ccc(C2/C(=C(\O)c3cc(C(C)C)c(OC)cc3C)C(=O)C(=O)N2c2ccc(C#N)cc2)cc1OC. The molecule has 3 aromatic carbocycles. The summed E-state index contributed by atoms with van der Waals surface area (Å²) in [4.78, 5) is 28.4. The van der Waals surface area contributed by atoms with Gasteiger partial charge in [0.05, 0.1) is 44.6 Å². The molecule has 4 rings (SSSR count).